The number of carbonyl (C=O) groups is 1. The molecule has 6 nitrogen and oxygen atoms in total. The summed E-state index contributed by atoms with van der Waals surface area (Å²) in [6, 6.07) is 15.3. The first kappa shape index (κ1) is 20.3. The first-order chi connectivity index (χ1) is 13.4. The largest absolute Gasteiger partial charge is 0.340 e. The lowest BCUT2D eigenvalue weighted by Crippen LogP contribution is -2.50. The number of benzene rings is 2. The van der Waals surface area contributed by atoms with Crippen LogP contribution in [0.4, 0.5) is 0 Å². The van der Waals surface area contributed by atoms with Crippen molar-refractivity contribution in [2.24, 2.45) is 0 Å². The average Bonchev–Trinajstić information content (AvgIpc) is 2.73. The van der Waals surface area contributed by atoms with Crippen molar-refractivity contribution in [1.82, 2.24) is 9.21 Å². The summed E-state index contributed by atoms with van der Waals surface area (Å²) in [5.41, 5.74) is 1.34. The molecular weight excluding hydrogens is 398 g/mol. The lowest BCUT2D eigenvalue weighted by molar-refractivity contribution is -0.132. The van der Waals surface area contributed by atoms with E-state index in [1.807, 2.05) is 24.3 Å². The topological polar surface area (TPSA) is 81.5 Å². The maximum absolute atomic E-state index is 12.7. The van der Waals surface area contributed by atoms with Crippen molar-refractivity contribution in [3.8, 4) is 6.07 Å². The van der Waals surface area contributed by atoms with Crippen LogP contribution in [-0.4, -0.2) is 49.7 Å². The van der Waals surface area contributed by atoms with Crippen molar-refractivity contribution >= 4 is 27.5 Å². The van der Waals surface area contributed by atoms with Crippen molar-refractivity contribution in [1.29, 1.82) is 5.26 Å². The summed E-state index contributed by atoms with van der Waals surface area (Å²) in [6.45, 7) is 1.22. The summed E-state index contributed by atoms with van der Waals surface area (Å²) < 4.78 is 26.9. The van der Waals surface area contributed by atoms with Crippen molar-refractivity contribution < 1.29 is 13.2 Å². The normalized spacial score (nSPS) is 15.2. The lowest BCUT2D eigenvalue weighted by Gasteiger charge is -2.34. The Morgan fingerprint density at radius 3 is 2.29 bits per heavy atom. The number of hydrogen-bond acceptors (Lipinski definition) is 4. The van der Waals surface area contributed by atoms with Gasteiger partial charge in [-0.2, -0.15) is 9.57 Å². The Hall–Kier alpha value is -2.40. The first-order valence-corrected chi connectivity index (χ1v) is 10.7. The van der Waals surface area contributed by atoms with Gasteiger partial charge in [0, 0.05) is 37.6 Å². The summed E-state index contributed by atoms with van der Waals surface area (Å²) in [6.07, 6.45) is 0.897. The molecule has 3 rings (SSSR count). The zero-order valence-corrected chi connectivity index (χ0v) is 16.8. The molecule has 0 aliphatic carbocycles. The molecule has 0 radical (unpaired) electrons. The predicted molar refractivity (Wildman–Crippen MR) is 106 cm³/mol. The highest BCUT2D eigenvalue weighted by atomic mass is 35.5. The van der Waals surface area contributed by atoms with E-state index >= 15 is 0 Å². The number of aryl methyl sites for hydroxylation is 1. The van der Waals surface area contributed by atoms with Gasteiger partial charge in [-0.15, -0.1) is 0 Å². The number of halogens is 1. The van der Waals surface area contributed by atoms with Gasteiger partial charge in [0.1, 0.15) is 0 Å². The van der Waals surface area contributed by atoms with E-state index in [1.165, 1.54) is 28.6 Å². The fourth-order valence-corrected chi connectivity index (χ4v) is 4.78. The lowest BCUT2D eigenvalue weighted by atomic mass is 10.1. The van der Waals surface area contributed by atoms with Crippen LogP contribution in [0.1, 0.15) is 17.5 Å². The monoisotopic (exact) mass is 417 g/mol. The molecule has 1 fully saturated rings. The molecule has 1 amide bonds. The number of sulfonamides is 1. The van der Waals surface area contributed by atoms with E-state index < -0.39 is 10.0 Å². The molecule has 0 unspecified atom stereocenters. The second-order valence-corrected chi connectivity index (χ2v) is 8.86. The molecule has 0 saturated carbocycles. The van der Waals surface area contributed by atoms with Gasteiger partial charge >= 0.3 is 0 Å². The Balaban J connectivity index is 1.56. The molecule has 2 aromatic rings. The van der Waals surface area contributed by atoms with Gasteiger partial charge in [0.15, 0.2) is 0 Å². The molecular formula is C20H20ClN3O3S. The summed E-state index contributed by atoms with van der Waals surface area (Å²) in [5.74, 6) is -0.00431. The molecule has 1 saturated heterocycles. The maximum Gasteiger partial charge on any atom is 0.243 e. The Bertz CT molecular complexity index is 992. The van der Waals surface area contributed by atoms with E-state index in [4.69, 9.17) is 16.9 Å². The highest BCUT2D eigenvalue weighted by molar-refractivity contribution is 7.89. The van der Waals surface area contributed by atoms with Crippen LogP contribution in [0, 0.1) is 11.3 Å². The summed E-state index contributed by atoms with van der Waals surface area (Å²) >= 11 is 6.12. The van der Waals surface area contributed by atoms with E-state index in [-0.39, 0.29) is 23.9 Å². The van der Waals surface area contributed by atoms with Crippen LogP contribution in [-0.2, 0) is 21.2 Å². The fraction of sp³-hybridized carbons (Fsp3) is 0.300. The van der Waals surface area contributed by atoms with Crippen molar-refractivity contribution in [3.63, 3.8) is 0 Å². The number of nitrogens with zero attached hydrogens (tertiary/aromatic N) is 3. The number of nitriles is 1. The number of piperazine rings is 1. The number of rotatable bonds is 5. The van der Waals surface area contributed by atoms with E-state index in [1.54, 1.807) is 11.0 Å². The van der Waals surface area contributed by atoms with Crippen LogP contribution in [0.15, 0.2) is 53.4 Å². The summed E-state index contributed by atoms with van der Waals surface area (Å²) in [7, 11) is -3.63. The highest BCUT2D eigenvalue weighted by Crippen LogP contribution is 2.20. The van der Waals surface area contributed by atoms with Gasteiger partial charge in [0.05, 0.1) is 16.5 Å². The molecule has 28 heavy (non-hydrogen) atoms. The number of hydrogen-bond donors (Lipinski definition) is 0. The van der Waals surface area contributed by atoms with Gasteiger partial charge in [0.25, 0.3) is 0 Å². The molecule has 0 spiro atoms. The SMILES string of the molecule is N#Cc1ccc(S(=O)(=O)N2CCN(C(=O)CCc3ccccc3Cl)CC2)cc1. The van der Waals surface area contributed by atoms with Crippen LogP contribution in [0.3, 0.4) is 0 Å². The Labute approximate surface area is 170 Å². The second-order valence-electron chi connectivity index (χ2n) is 6.51. The molecule has 2 aromatic carbocycles. The van der Waals surface area contributed by atoms with E-state index in [2.05, 4.69) is 0 Å². The minimum Gasteiger partial charge on any atom is -0.340 e. The van der Waals surface area contributed by atoms with Gasteiger partial charge in [-0.05, 0) is 42.3 Å². The minimum absolute atomic E-state index is 0.00431. The average molecular weight is 418 g/mol. The predicted octanol–water partition coefficient (Wildman–Crippen LogP) is 2.68. The molecule has 1 aliphatic heterocycles. The summed E-state index contributed by atoms with van der Waals surface area (Å²) in [5, 5.41) is 9.49. The second kappa shape index (κ2) is 8.74. The highest BCUT2D eigenvalue weighted by Gasteiger charge is 2.29. The van der Waals surface area contributed by atoms with Gasteiger partial charge in [-0.1, -0.05) is 29.8 Å². The van der Waals surface area contributed by atoms with Crippen LogP contribution in [0.2, 0.25) is 5.02 Å². The third kappa shape index (κ3) is 4.53. The van der Waals surface area contributed by atoms with Gasteiger partial charge in [-0.25, -0.2) is 8.42 Å². The molecule has 146 valence electrons. The van der Waals surface area contributed by atoms with Crippen LogP contribution in [0.25, 0.3) is 0 Å². The van der Waals surface area contributed by atoms with Crippen molar-refractivity contribution in [3.05, 3.63) is 64.7 Å². The standard InChI is InChI=1S/C20H20ClN3O3S/c21-19-4-2-1-3-17(19)7-10-20(25)23-11-13-24(14-12-23)28(26,27)18-8-5-16(15-22)6-9-18/h1-6,8-9H,7,10-14H2. The van der Waals surface area contributed by atoms with Crippen LogP contribution < -0.4 is 0 Å². The van der Waals surface area contributed by atoms with E-state index in [0.717, 1.165) is 5.56 Å². The van der Waals surface area contributed by atoms with Crippen molar-refractivity contribution in [2.45, 2.75) is 17.7 Å². The number of amides is 1. The molecule has 0 atom stereocenters. The Kier molecular flexibility index (Phi) is 6.35. The summed E-state index contributed by atoms with van der Waals surface area (Å²) in [4.78, 5) is 14.3. The van der Waals surface area contributed by atoms with Crippen molar-refractivity contribution in [2.75, 3.05) is 26.2 Å². The first-order valence-electron chi connectivity index (χ1n) is 8.93. The van der Waals surface area contributed by atoms with Gasteiger partial charge in [0.2, 0.25) is 15.9 Å². The fourth-order valence-electron chi connectivity index (χ4n) is 3.13. The van der Waals surface area contributed by atoms with Crippen LogP contribution >= 0.6 is 11.6 Å². The third-order valence-corrected chi connectivity index (χ3v) is 7.06. The molecule has 1 heterocycles. The third-order valence-electron chi connectivity index (χ3n) is 4.78. The minimum atomic E-state index is -3.63. The van der Waals surface area contributed by atoms with E-state index in [9.17, 15) is 13.2 Å². The molecule has 0 bridgehead atoms. The Morgan fingerprint density at radius 1 is 1.04 bits per heavy atom. The smallest absolute Gasteiger partial charge is 0.243 e. The van der Waals surface area contributed by atoms with Crippen LogP contribution in [0.5, 0.6) is 0 Å². The van der Waals surface area contributed by atoms with Gasteiger partial charge in [-0.3, -0.25) is 4.79 Å². The number of carbonyl (C=O) groups excluding carboxylic acids is 1. The zero-order chi connectivity index (χ0) is 20.1. The van der Waals surface area contributed by atoms with Gasteiger partial charge < -0.3 is 4.90 Å². The quantitative estimate of drug-likeness (QED) is 0.748. The molecule has 0 aromatic heterocycles. The van der Waals surface area contributed by atoms with E-state index in [0.29, 0.717) is 36.5 Å². The molecule has 0 N–H and O–H groups in total. The maximum atomic E-state index is 12.7. The zero-order valence-electron chi connectivity index (χ0n) is 15.2. The Morgan fingerprint density at radius 2 is 1.68 bits per heavy atom. The molecule has 1 aliphatic rings. The molecule has 8 heteroatoms.